The van der Waals surface area contributed by atoms with E-state index in [1.165, 1.54) is 37.6 Å². The van der Waals surface area contributed by atoms with Gasteiger partial charge in [-0.25, -0.2) is 15.1 Å². The smallest absolute Gasteiger partial charge is 0.335 e. The number of ether oxygens (including phenoxy) is 1. The van der Waals surface area contributed by atoms with Crippen LogP contribution in [0.3, 0.4) is 0 Å². The third-order valence-corrected chi connectivity index (χ3v) is 3.65. The van der Waals surface area contributed by atoms with E-state index in [0.717, 1.165) is 11.1 Å². The van der Waals surface area contributed by atoms with Gasteiger partial charge in [-0.1, -0.05) is 6.07 Å². The predicted molar refractivity (Wildman–Crippen MR) is 92.2 cm³/mol. The molecule has 0 radical (unpaired) electrons. The number of hydrogen-bond acceptors (Lipinski definition) is 7. The van der Waals surface area contributed by atoms with E-state index in [1.807, 2.05) is 0 Å². The number of carbonyl (C=O) groups is 4. The van der Waals surface area contributed by atoms with Crippen LogP contribution in [0.5, 0.6) is 5.75 Å². The molecule has 1 aromatic heterocycles. The second-order valence-electron chi connectivity index (χ2n) is 5.34. The maximum absolute atomic E-state index is 12.6. The molecule has 1 saturated heterocycles. The number of anilines is 1. The van der Waals surface area contributed by atoms with Gasteiger partial charge in [-0.05, 0) is 24.3 Å². The molecule has 138 valence electrons. The Morgan fingerprint density at radius 3 is 2.81 bits per heavy atom. The number of carbonyl (C=O) groups excluding carboxylic acids is 4. The predicted octanol–water partition coefficient (Wildman–Crippen LogP) is 0.903. The fourth-order valence-corrected chi connectivity index (χ4v) is 2.35. The topological polar surface area (TPSA) is 130 Å². The first kappa shape index (κ1) is 17.9. The maximum atomic E-state index is 12.6. The fraction of sp³-hybridized carbons (Fsp3) is 0.118. The molecular formula is C17H14N4O6. The highest BCUT2D eigenvalue weighted by Gasteiger charge is 2.40. The molecule has 0 aliphatic carbocycles. The van der Waals surface area contributed by atoms with Gasteiger partial charge in [-0.3, -0.25) is 19.7 Å². The summed E-state index contributed by atoms with van der Waals surface area (Å²) in [4.78, 5) is 49.3. The van der Waals surface area contributed by atoms with Gasteiger partial charge < -0.3 is 9.15 Å². The van der Waals surface area contributed by atoms with Crippen LogP contribution < -0.4 is 20.4 Å². The van der Waals surface area contributed by atoms with E-state index >= 15 is 0 Å². The van der Waals surface area contributed by atoms with Crippen LogP contribution in [0.2, 0.25) is 0 Å². The van der Waals surface area contributed by atoms with Gasteiger partial charge in [0.2, 0.25) is 5.91 Å². The number of barbiturate groups is 1. The molecule has 3 rings (SSSR count). The van der Waals surface area contributed by atoms with Gasteiger partial charge in [0.25, 0.3) is 5.91 Å². The Morgan fingerprint density at radius 1 is 1.30 bits per heavy atom. The van der Waals surface area contributed by atoms with Gasteiger partial charge in [0.15, 0.2) is 11.7 Å². The fourth-order valence-electron chi connectivity index (χ4n) is 2.35. The number of methoxy groups -OCH3 is 1. The Bertz CT molecular complexity index is 921. The number of furan rings is 1. The number of imide groups is 2. The Hall–Kier alpha value is -3.95. The molecule has 2 aromatic rings. The largest absolute Gasteiger partial charge is 0.497 e. The highest BCUT2D eigenvalue weighted by Crippen LogP contribution is 2.24. The SMILES string of the molecule is COc1cccc(N2C(=O)NC(=O)C(C=NNC(=O)c3ccco3)C2=O)c1. The zero-order chi connectivity index (χ0) is 19.4. The van der Waals surface area contributed by atoms with Gasteiger partial charge in [-0.2, -0.15) is 5.10 Å². The molecule has 27 heavy (non-hydrogen) atoms. The van der Waals surface area contributed by atoms with Crippen LogP contribution in [0.25, 0.3) is 0 Å². The molecule has 0 bridgehead atoms. The van der Waals surface area contributed by atoms with Crippen molar-refractivity contribution in [1.29, 1.82) is 0 Å². The Kier molecular flexibility index (Phi) is 4.97. The van der Waals surface area contributed by atoms with E-state index in [-0.39, 0.29) is 11.4 Å². The summed E-state index contributed by atoms with van der Waals surface area (Å²) < 4.78 is 9.97. The van der Waals surface area contributed by atoms with Crippen molar-refractivity contribution < 1.29 is 28.3 Å². The number of hydrazone groups is 1. The minimum atomic E-state index is -1.40. The highest BCUT2D eigenvalue weighted by molar-refractivity contribution is 6.32. The zero-order valence-corrected chi connectivity index (χ0v) is 14.0. The number of hydrogen-bond donors (Lipinski definition) is 2. The standard InChI is InChI=1S/C17H14N4O6/c1-26-11-5-2-4-10(8-11)21-16(24)12(14(22)19-17(21)25)9-18-20-15(23)13-6-3-7-27-13/h2-9,12H,1H3,(H,20,23)(H,19,22,25). The first-order chi connectivity index (χ1) is 13.0. The second kappa shape index (κ2) is 7.52. The van der Waals surface area contributed by atoms with Crippen molar-refractivity contribution in [3.63, 3.8) is 0 Å². The van der Waals surface area contributed by atoms with E-state index in [0.29, 0.717) is 5.75 Å². The number of urea groups is 1. The van der Waals surface area contributed by atoms with Crippen molar-refractivity contribution in [2.24, 2.45) is 11.0 Å². The lowest BCUT2D eigenvalue weighted by Crippen LogP contribution is -2.58. The van der Waals surface area contributed by atoms with E-state index in [1.54, 1.807) is 12.1 Å². The van der Waals surface area contributed by atoms with Crippen molar-refractivity contribution in [2.75, 3.05) is 12.0 Å². The van der Waals surface area contributed by atoms with Crippen LogP contribution >= 0.6 is 0 Å². The molecule has 1 fully saturated rings. The summed E-state index contributed by atoms with van der Waals surface area (Å²) in [5.74, 6) is -3.26. The monoisotopic (exact) mass is 370 g/mol. The summed E-state index contributed by atoms with van der Waals surface area (Å²) in [6.07, 6.45) is 2.26. The van der Waals surface area contributed by atoms with Crippen LogP contribution in [0.15, 0.2) is 52.2 Å². The molecule has 0 spiro atoms. The minimum absolute atomic E-state index is 0.0137. The first-order valence-corrected chi connectivity index (χ1v) is 7.71. The summed E-state index contributed by atoms with van der Waals surface area (Å²) in [6.45, 7) is 0. The third kappa shape index (κ3) is 3.68. The van der Waals surface area contributed by atoms with Crippen LogP contribution in [-0.2, 0) is 9.59 Å². The normalized spacial score (nSPS) is 17.1. The Morgan fingerprint density at radius 2 is 2.11 bits per heavy atom. The van der Waals surface area contributed by atoms with Crippen molar-refractivity contribution in [3.8, 4) is 5.75 Å². The first-order valence-electron chi connectivity index (χ1n) is 7.71. The molecule has 5 amide bonds. The number of nitrogens with one attached hydrogen (secondary N) is 2. The minimum Gasteiger partial charge on any atom is -0.497 e. The van der Waals surface area contributed by atoms with E-state index in [9.17, 15) is 19.2 Å². The number of nitrogens with zero attached hydrogens (tertiary/aromatic N) is 2. The van der Waals surface area contributed by atoms with E-state index in [2.05, 4.69) is 15.8 Å². The third-order valence-electron chi connectivity index (χ3n) is 3.65. The van der Waals surface area contributed by atoms with Gasteiger partial charge in [-0.15, -0.1) is 0 Å². The van der Waals surface area contributed by atoms with Crippen LogP contribution in [0.4, 0.5) is 10.5 Å². The molecule has 2 N–H and O–H groups in total. The molecule has 1 atom stereocenters. The summed E-state index contributed by atoms with van der Waals surface area (Å²) >= 11 is 0. The van der Waals surface area contributed by atoms with Gasteiger partial charge in [0, 0.05) is 12.3 Å². The lowest BCUT2D eigenvalue weighted by molar-refractivity contribution is -0.131. The quantitative estimate of drug-likeness (QED) is 0.457. The number of benzene rings is 1. The Labute approximate surface area is 152 Å². The van der Waals surface area contributed by atoms with E-state index < -0.39 is 29.7 Å². The molecule has 1 aliphatic rings. The molecule has 1 aromatic carbocycles. The summed E-state index contributed by atoms with van der Waals surface area (Å²) in [5, 5.41) is 5.69. The van der Waals surface area contributed by atoms with Crippen molar-refractivity contribution in [3.05, 3.63) is 48.4 Å². The molecule has 10 heteroatoms. The summed E-state index contributed by atoms with van der Waals surface area (Å²) in [7, 11) is 1.44. The van der Waals surface area contributed by atoms with Crippen molar-refractivity contribution in [1.82, 2.24) is 10.7 Å². The number of rotatable bonds is 5. The number of amides is 5. The zero-order valence-electron chi connectivity index (χ0n) is 14.0. The average Bonchev–Trinajstić information content (AvgIpc) is 3.19. The van der Waals surface area contributed by atoms with Crippen LogP contribution in [-0.4, -0.2) is 37.1 Å². The molecular weight excluding hydrogens is 356 g/mol. The van der Waals surface area contributed by atoms with Crippen molar-refractivity contribution in [2.45, 2.75) is 0 Å². The molecule has 1 unspecified atom stereocenters. The average molecular weight is 370 g/mol. The van der Waals surface area contributed by atoms with Gasteiger partial charge >= 0.3 is 11.9 Å². The molecule has 2 heterocycles. The van der Waals surface area contributed by atoms with Crippen LogP contribution in [0, 0.1) is 5.92 Å². The van der Waals surface area contributed by atoms with E-state index in [4.69, 9.17) is 9.15 Å². The lowest BCUT2D eigenvalue weighted by Gasteiger charge is -2.28. The van der Waals surface area contributed by atoms with Crippen LogP contribution in [0.1, 0.15) is 10.6 Å². The highest BCUT2D eigenvalue weighted by atomic mass is 16.5. The van der Waals surface area contributed by atoms with Gasteiger partial charge in [0.1, 0.15) is 5.75 Å². The summed E-state index contributed by atoms with van der Waals surface area (Å²) in [5.41, 5.74) is 2.36. The molecule has 0 saturated carbocycles. The molecule has 10 nitrogen and oxygen atoms in total. The Balaban J connectivity index is 1.78. The van der Waals surface area contributed by atoms with Gasteiger partial charge in [0.05, 0.1) is 19.1 Å². The maximum Gasteiger partial charge on any atom is 0.335 e. The summed E-state index contributed by atoms with van der Waals surface area (Å²) in [6, 6.07) is 8.29. The van der Waals surface area contributed by atoms with Crippen molar-refractivity contribution >= 4 is 35.7 Å². The lowest BCUT2D eigenvalue weighted by atomic mass is 10.1. The second-order valence-corrected chi connectivity index (χ2v) is 5.34. The molecule has 1 aliphatic heterocycles.